The summed E-state index contributed by atoms with van der Waals surface area (Å²) in [5.74, 6) is -9.79. The summed E-state index contributed by atoms with van der Waals surface area (Å²) in [6.07, 6.45) is -50.0. The molecule has 6 aliphatic heterocycles. The fraction of sp³-hybridized carbons (Fsp3) is 0.721. The fourth-order valence-electron chi connectivity index (χ4n) is 12.9. The Kier molecular flexibility index (Phi) is 31.7. The number of aromatic nitrogens is 2. The van der Waals surface area contributed by atoms with Gasteiger partial charge in [0.05, 0.1) is 51.8 Å². The first kappa shape index (κ1) is 88.0. The van der Waals surface area contributed by atoms with Crippen molar-refractivity contribution in [3.63, 3.8) is 0 Å². The predicted molar refractivity (Wildman–Crippen MR) is 345 cm³/mol. The number of hydrogen-bond acceptors (Lipinski definition) is 41. The molecule has 0 saturated carbocycles. The molecule has 0 bridgehead atoms. The number of anilines is 1. The lowest BCUT2D eigenvalue weighted by molar-refractivity contribution is -0.398. The number of nitrogens with two attached hydrogens (primary N) is 1. The lowest BCUT2D eigenvalue weighted by Gasteiger charge is -2.49. The standard InChI is InChI=1S/C61H90N7O40P/c1-23(74)65-35-39(81)47(94-3)31(18-70)100-53(35)104-50-42(84)45(87)56(106-58(50)97-22-73)102-48-32(19-71)101-54(36(40(48)82)66-24(2)75)103-49-41(83)44(86)55(105-57(49)96-21-72)95-13-11-64-51(88)26-6-4-25(5-7-26)15-63-16-27(76)8-9-28-29(77)14-61(59(89)90,107-46(28)37(79)30(78)17-69)108-109(92,93)98-20-33-38(80)43(85)52(99-33)68-12-10-34(62)67-60(68)91/h4-7,10,12,21-22,28-33,35-50,52-58,63,69-71,77-87H,8-9,11,13-20H2,1-3H3,(H,64,88)(H,65,74)(H,66,75)(H,89,90)(H,92,93)(H2,62,67,91)/t28-,29-,30-,31?,32?,33-,35?,36?,37-,38+,39-,40-,41-,42-,43?,44?,45?,46?,47-,48-,49+,50+,52-,53-,54-,55-,56-,57?,58?,61-/m1/s1. The van der Waals surface area contributed by atoms with E-state index >= 15 is 0 Å². The number of phosphoric acid groups is 1. The van der Waals surface area contributed by atoms with Gasteiger partial charge in [-0.05, 0) is 30.2 Å². The molecule has 47 nitrogen and oxygen atoms in total. The Hall–Kier alpha value is -6.54. The average Bonchev–Trinajstić information content (AvgIpc) is 1.32. The maximum absolute atomic E-state index is 13.3. The van der Waals surface area contributed by atoms with Crippen LogP contribution in [-0.2, 0) is 111 Å². The number of nitrogen functional groups attached to an aromatic ring is 1. The van der Waals surface area contributed by atoms with Crippen molar-refractivity contribution in [3.05, 3.63) is 58.1 Å². The van der Waals surface area contributed by atoms with E-state index in [1.54, 1.807) is 0 Å². The smallest absolute Gasteiger partial charge is 0.475 e. The van der Waals surface area contributed by atoms with E-state index in [1.807, 2.05) is 0 Å². The Morgan fingerprint density at radius 3 is 1.82 bits per heavy atom. The molecule has 0 aliphatic carbocycles. The van der Waals surface area contributed by atoms with Crippen molar-refractivity contribution in [2.75, 3.05) is 59.0 Å². The van der Waals surface area contributed by atoms with Crippen molar-refractivity contribution >= 4 is 56.1 Å². The van der Waals surface area contributed by atoms with Crippen molar-refractivity contribution in [3.8, 4) is 0 Å². The SMILES string of the molecule is CO[C@@H]1C(CO)O[C@H](O[C@@H]2C(OC=O)O[C@@H](O[C@@H]3C(CO)O[C@H](O[C@@H]4C(OC=O)O[C@@H](OCCNC(=O)c5ccc(CNCC(=O)CC[C@H]6C([C@H](O)[C@H](O)CO)O[C@](OP(=O)(O)OC[C@H]7O[C@@H](n8ccc(N)nc8=O)C(O)[C@H]7O)(C(=O)O)C[C@H]6O)cc5)C(O)[C@H]4O)C(NC(C)=O)[C@H]3O)C(O)[C@H]2O)C(NC(C)=O)[C@H]1O. The van der Waals surface area contributed by atoms with Gasteiger partial charge in [0, 0.05) is 64.6 Å². The van der Waals surface area contributed by atoms with Crippen LogP contribution in [0, 0.1) is 5.92 Å². The molecule has 0 radical (unpaired) electrons. The summed E-state index contributed by atoms with van der Waals surface area (Å²) in [6, 6.07) is 3.79. The van der Waals surface area contributed by atoms with Gasteiger partial charge in [-0.15, -0.1) is 0 Å². The number of rotatable bonds is 37. The Bertz CT molecular complexity index is 3470. The Morgan fingerprint density at radius 2 is 1.28 bits per heavy atom. The minimum atomic E-state index is -5.69. The van der Waals surface area contributed by atoms with Gasteiger partial charge in [-0.3, -0.25) is 37.9 Å². The van der Waals surface area contributed by atoms with Crippen LogP contribution in [0.15, 0.2) is 41.3 Å². The first-order valence-corrected chi connectivity index (χ1v) is 35.1. The summed E-state index contributed by atoms with van der Waals surface area (Å²) >= 11 is 0. The van der Waals surface area contributed by atoms with Gasteiger partial charge in [0.15, 0.2) is 43.6 Å². The molecule has 31 atom stereocenters. The number of nitrogens with zero attached hydrogens (tertiary/aromatic N) is 2. The van der Waals surface area contributed by atoms with Gasteiger partial charge in [0.1, 0.15) is 115 Å². The third-order valence-corrected chi connectivity index (χ3v) is 19.4. The number of carbonyl (C=O) groups is 7. The molecule has 2 aromatic rings. The second-order valence-corrected chi connectivity index (χ2v) is 27.2. The van der Waals surface area contributed by atoms with Crippen molar-refractivity contribution < 1.29 is 190 Å². The van der Waals surface area contributed by atoms with Gasteiger partial charge < -0.3 is 170 Å². The van der Waals surface area contributed by atoms with Gasteiger partial charge in [0.25, 0.3) is 24.6 Å². The zero-order chi connectivity index (χ0) is 80.1. The van der Waals surface area contributed by atoms with Crippen LogP contribution in [0.4, 0.5) is 5.82 Å². The topological polar surface area (TPSA) is 708 Å². The van der Waals surface area contributed by atoms with E-state index in [0.717, 1.165) is 24.6 Å². The summed E-state index contributed by atoms with van der Waals surface area (Å²) in [5.41, 5.74) is 5.16. The molecule has 6 fully saturated rings. The monoisotopic (exact) mass is 1590 g/mol. The molecule has 0 spiro atoms. The number of methoxy groups -OCH3 is 1. The number of hydrogen-bond donors (Lipinski definition) is 21. The van der Waals surface area contributed by atoms with Crippen LogP contribution in [0.1, 0.15) is 55.3 Å². The molecule has 1 aromatic carbocycles. The number of nitrogens with one attached hydrogen (secondary N) is 4. The first-order chi connectivity index (χ1) is 51.6. The van der Waals surface area contributed by atoms with Crippen LogP contribution >= 0.6 is 7.82 Å². The second kappa shape index (κ2) is 39.3. The quantitative estimate of drug-likeness (QED) is 0.0170. The molecule has 6 aliphatic rings. The Morgan fingerprint density at radius 1 is 0.716 bits per heavy atom. The van der Waals surface area contributed by atoms with Crippen LogP contribution in [-0.4, -0.2) is 358 Å². The zero-order valence-corrected chi connectivity index (χ0v) is 58.9. The number of carboxylic acids is 1. The van der Waals surface area contributed by atoms with E-state index in [-0.39, 0.29) is 50.4 Å². The molecule has 1 aromatic heterocycles. The summed E-state index contributed by atoms with van der Waals surface area (Å²) in [5, 5.41) is 173. The van der Waals surface area contributed by atoms with Gasteiger partial charge in [0.2, 0.25) is 24.4 Å². The maximum Gasteiger partial charge on any atom is 0.475 e. The van der Waals surface area contributed by atoms with E-state index < -0.39 is 273 Å². The van der Waals surface area contributed by atoms with E-state index in [4.69, 9.17) is 76.4 Å². The van der Waals surface area contributed by atoms with Crippen LogP contribution in [0.25, 0.3) is 0 Å². The van der Waals surface area contributed by atoms with Crippen LogP contribution < -0.4 is 32.7 Å². The van der Waals surface area contributed by atoms with E-state index in [2.05, 4.69) is 26.3 Å². The molecular formula is C61H90N7O40P. The molecule has 614 valence electrons. The summed E-state index contributed by atoms with van der Waals surface area (Å²) < 4.78 is 96.3. The minimum absolute atomic E-state index is 0.0359. The number of aliphatic carboxylic acids is 1. The lowest BCUT2D eigenvalue weighted by atomic mass is 9.80. The number of aliphatic hydroxyl groups is 14. The maximum atomic E-state index is 13.3. The number of amides is 3. The van der Waals surface area contributed by atoms with Gasteiger partial charge in [-0.1, -0.05) is 12.1 Å². The third kappa shape index (κ3) is 21.4. The molecule has 11 unspecified atom stereocenters. The normalized spacial score (nSPS) is 37.3. The molecule has 3 amide bonds. The van der Waals surface area contributed by atoms with Gasteiger partial charge >= 0.3 is 19.5 Å². The van der Waals surface area contributed by atoms with E-state index in [0.29, 0.717) is 5.56 Å². The molecule has 6 saturated heterocycles. The third-order valence-electron chi connectivity index (χ3n) is 18.4. The second-order valence-electron chi connectivity index (χ2n) is 25.8. The number of ether oxygens (including phenoxy) is 13. The number of Topliss-reactive ketones (excluding diaryl/α,β-unsaturated/α-hetero) is 1. The average molecular weight is 1590 g/mol. The number of benzene rings is 1. The predicted octanol–water partition coefficient (Wildman–Crippen LogP) is -11.8. The summed E-state index contributed by atoms with van der Waals surface area (Å²) in [4.78, 5) is 114. The molecule has 8 rings (SSSR count). The van der Waals surface area contributed by atoms with Crippen LogP contribution in [0.5, 0.6) is 0 Å². The Labute approximate surface area is 616 Å². The molecule has 109 heavy (non-hydrogen) atoms. The summed E-state index contributed by atoms with van der Waals surface area (Å²) in [6.45, 7) is -3.25. The van der Waals surface area contributed by atoms with Gasteiger partial charge in [-0.2, -0.15) is 4.98 Å². The van der Waals surface area contributed by atoms with Crippen molar-refractivity contribution in [1.82, 2.24) is 30.8 Å². The van der Waals surface area contributed by atoms with Crippen molar-refractivity contribution in [1.29, 1.82) is 0 Å². The number of carboxylic acid groups (broad SMARTS) is 1. The zero-order valence-electron chi connectivity index (χ0n) is 58.0. The number of ketones is 1. The number of aliphatic hydroxyl groups excluding tert-OH is 14. The lowest BCUT2D eigenvalue weighted by Crippen LogP contribution is -2.70. The van der Waals surface area contributed by atoms with Gasteiger partial charge in [-0.25, -0.2) is 18.7 Å². The van der Waals surface area contributed by atoms with Crippen molar-refractivity contribution in [2.24, 2.45) is 5.92 Å². The molecule has 22 N–H and O–H groups in total. The highest BCUT2D eigenvalue weighted by Crippen LogP contribution is 2.53. The molecule has 7 heterocycles. The number of phosphoric ester groups is 1. The highest BCUT2D eigenvalue weighted by atomic mass is 31.2. The van der Waals surface area contributed by atoms with Crippen LogP contribution in [0.2, 0.25) is 0 Å². The van der Waals surface area contributed by atoms with E-state index in [9.17, 15) is 124 Å². The highest BCUT2D eigenvalue weighted by Gasteiger charge is 2.61. The van der Waals surface area contributed by atoms with Crippen molar-refractivity contribution in [2.45, 2.75) is 217 Å². The largest absolute Gasteiger partial charge is 0.477 e. The fourth-order valence-corrected chi connectivity index (χ4v) is 13.8. The molecule has 48 heteroatoms. The highest BCUT2D eigenvalue weighted by molar-refractivity contribution is 7.47. The number of carbonyl (C=O) groups excluding carboxylic acids is 6. The van der Waals surface area contributed by atoms with Crippen LogP contribution in [0.3, 0.4) is 0 Å². The van der Waals surface area contributed by atoms with E-state index in [1.165, 1.54) is 37.4 Å². The Balaban J connectivity index is 0.795. The minimum Gasteiger partial charge on any atom is -0.477 e. The summed E-state index contributed by atoms with van der Waals surface area (Å²) in [7, 11) is -4.50. The first-order valence-electron chi connectivity index (χ1n) is 33.6. The molecular weight excluding hydrogens is 1500 g/mol.